The van der Waals surface area contributed by atoms with Crippen LogP contribution in [0, 0.1) is 12.7 Å². The lowest BCUT2D eigenvalue weighted by Gasteiger charge is -2.11. The lowest BCUT2D eigenvalue weighted by atomic mass is 10.2. The van der Waals surface area contributed by atoms with E-state index in [0.29, 0.717) is 10.3 Å². The smallest absolute Gasteiger partial charge is 0.335 e. The van der Waals surface area contributed by atoms with Crippen molar-refractivity contribution in [1.82, 2.24) is 13.7 Å². The van der Waals surface area contributed by atoms with Gasteiger partial charge in [0.2, 0.25) is 5.91 Å². The Hall–Kier alpha value is -3.01. The third-order valence-electron chi connectivity index (χ3n) is 3.85. The second kappa shape index (κ2) is 5.81. The molecule has 2 N–H and O–H groups in total. The van der Waals surface area contributed by atoms with E-state index in [4.69, 9.17) is 5.73 Å². The van der Waals surface area contributed by atoms with Gasteiger partial charge in [-0.3, -0.25) is 19.0 Å². The van der Waals surface area contributed by atoms with Crippen molar-refractivity contribution in [3.8, 4) is 5.69 Å². The third-order valence-corrected chi connectivity index (χ3v) is 4.79. The van der Waals surface area contributed by atoms with Crippen LogP contribution in [0.2, 0.25) is 0 Å². The van der Waals surface area contributed by atoms with Gasteiger partial charge < -0.3 is 10.3 Å². The summed E-state index contributed by atoms with van der Waals surface area (Å²) >= 11 is 0.742. The molecule has 3 rings (SSSR count). The number of carbonyl (C=O) groups excluding carboxylic acids is 1. The topological polar surface area (TPSA) is 109 Å². The number of hydrogen-bond donors (Lipinski definition) is 1. The molecule has 3 aromatic rings. The monoisotopic (exact) mass is 364 g/mol. The number of aryl methyl sites for hydroxylation is 1. The van der Waals surface area contributed by atoms with Gasteiger partial charge in [-0.25, -0.2) is 13.8 Å². The predicted octanol–water partition coefficient (Wildman–Crippen LogP) is -0.155. The molecule has 2 aromatic heterocycles. The number of primary amides is 1. The van der Waals surface area contributed by atoms with Crippen molar-refractivity contribution in [3.05, 3.63) is 60.2 Å². The van der Waals surface area contributed by atoms with E-state index in [-0.39, 0.29) is 22.4 Å². The molecule has 10 heteroatoms. The molecule has 8 nitrogen and oxygen atoms in total. The molecule has 25 heavy (non-hydrogen) atoms. The number of amides is 1. The van der Waals surface area contributed by atoms with E-state index in [1.807, 2.05) is 0 Å². The number of hydrogen-bond acceptors (Lipinski definition) is 5. The summed E-state index contributed by atoms with van der Waals surface area (Å²) in [5.41, 5.74) is 4.06. The van der Waals surface area contributed by atoms with Crippen molar-refractivity contribution in [2.75, 3.05) is 0 Å². The quantitative estimate of drug-likeness (QED) is 0.697. The minimum Gasteiger partial charge on any atom is -0.368 e. The van der Waals surface area contributed by atoms with Crippen LogP contribution in [-0.4, -0.2) is 19.6 Å². The van der Waals surface area contributed by atoms with Gasteiger partial charge in [0.05, 0.1) is 15.9 Å². The number of thiazole rings is 1. The Morgan fingerprint density at radius 3 is 2.56 bits per heavy atom. The molecule has 0 bridgehead atoms. The van der Waals surface area contributed by atoms with Crippen LogP contribution in [-0.2, 0) is 18.4 Å². The first-order valence-corrected chi connectivity index (χ1v) is 7.93. The summed E-state index contributed by atoms with van der Waals surface area (Å²) in [6.07, 6.45) is 0. The fourth-order valence-electron chi connectivity index (χ4n) is 2.51. The summed E-state index contributed by atoms with van der Waals surface area (Å²) in [6.45, 7) is 1.20. The minimum absolute atomic E-state index is 0.222. The first kappa shape index (κ1) is 16.8. The molecule has 0 aliphatic heterocycles. The van der Waals surface area contributed by atoms with Crippen molar-refractivity contribution in [2.45, 2.75) is 13.5 Å². The summed E-state index contributed by atoms with van der Waals surface area (Å²) in [4.78, 5) is 47.2. The van der Waals surface area contributed by atoms with E-state index in [0.717, 1.165) is 22.0 Å². The predicted molar refractivity (Wildman–Crippen MR) is 90.8 cm³/mol. The van der Waals surface area contributed by atoms with Crippen molar-refractivity contribution < 1.29 is 9.18 Å². The second-order valence-corrected chi connectivity index (χ2v) is 6.49. The van der Waals surface area contributed by atoms with E-state index in [1.54, 1.807) is 6.92 Å². The van der Waals surface area contributed by atoms with Crippen LogP contribution in [0.4, 0.5) is 4.39 Å². The van der Waals surface area contributed by atoms with Crippen molar-refractivity contribution in [3.63, 3.8) is 0 Å². The second-order valence-electron chi connectivity index (χ2n) is 5.49. The number of rotatable bonds is 3. The van der Waals surface area contributed by atoms with E-state index >= 15 is 0 Å². The molecule has 1 amide bonds. The third kappa shape index (κ3) is 2.70. The molecule has 0 unspecified atom stereocenters. The first-order chi connectivity index (χ1) is 11.7. The number of aromatic nitrogens is 3. The van der Waals surface area contributed by atoms with Crippen LogP contribution in [0.5, 0.6) is 0 Å². The molecule has 0 aliphatic rings. The molecule has 0 atom stereocenters. The number of benzene rings is 1. The highest BCUT2D eigenvalue weighted by Gasteiger charge is 2.17. The molecule has 0 saturated carbocycles. The number of carbonyl (C=O) groups is 1. The fourth-order valence-corrected chi connectivity index (χ4v) is 3.40. The van der Waals surface area contributed by atoms with Crippen LogP contribution in [0.3, 0.4) is 0 Å². The number of halogens is 1. The normalized spacial score (nSPS) is 11.2. The van der Waals surface area contributed by atoms with Crippen molar-refractivity contribution >= 4 is 27.5 Å². The number of nitrogens with zero attached hydrogens (tertiary/aromatic N) is 3. The van der Waals surface area contributed by atoms with Gasteiger partial charge in [-0.15, -0.1) is 0 Å². The van der Waals surface area contributed by atoms with Crippen LogP contribution in [0.1, 0.15) is 5.69 Å². The minimum atomic E-state index is -0.831. The van der Waals surface area contributed by atoms with Gasteiger partial charge in [0, 0.05) is 18.8 Å². The Bertz CT molecular complexity index is 1200. The highest BCUT2D eigenvalue weighted by atomic mass is 32.1. The van der Waals surface area contributed by atoms with Crippen molar-refractivity contribution in [1.29, 1.82) is 0 Å². The summed E-state index contributed by atoms with van der Waals surface area (Å²) in [5.74, 6) is -1.57. The van der Waals surface area contributed by atoms with Gasteiger partial charge in [0.15, 0.2) is 0 Å². The Balaban J connectivity index is 2.39. The van der Waals surface area contributed by atoms with Gasteiger partial charge in [-0.05, 0) is 19.1 Å². The lowest BCUT2D eigenvalue weighted by Crippen LogP contribution is -2.38. The maximum Gasteiger partial charge on any atom is 0.335 e. The Morgan fingerprint density at radius 2 is 1.92 bits per heavy atom. The number of nitrogens with two attached hydrogens (primary N) is 1. The Labute approximate surface area is 143 Å². The molecule has 0 radical (unpaired) electrons. The molecular weight excluding hydrogens is 351 g/mol. The molecule has 130 valence electrons. The van der Waals surface area contributed by atoms with Gasteiger partial charge in [0.1, 0.15) is 12.4 Å². The fraction of sp³-hybridized carbons (Fsp3) is 0.200. The zero-order valence-electron chi connectivity index (χ0n) is 13.3. The summed E-state index contributed by atoms with van der Waals surface area (Å²) < 4.78 is 17.7. The maximum atomic E-state index is 14.5. The van der Waals surface area contributed by atoms with Gasteiger partial charge in [-0.1, -0.05) is 11.3 Å². The van der Waals surface area contributed by atoms with Crippen LogP contribution >= 0.6 is 11.3 Å². The molecule has 1 aromatic carbocycles. The molecule has 0 saturated heterocycles. The van der Waals surface area contributed by atoms with E-state index in [2.05, 4.69) is 0 Å². The standard InChI is InChI=1S/C15H13FN4O4S/c1-7-3-13(22)20(14(23)18(7)2)9-5-10-11(4-8(9)16)25-15(24)19(10)6-12(17)21/h3-5H,6H2,1-2H3,(H2,17,21). The summed E-state index contributed by atoms with van der Waals surface area (Å²) in [6, 6.07) is 3.46. The van der Waals surface area contributed by atoms with E-state index < -0.39 is 27.8 Å². The molecule has 0 aliphatic carbocycles. The first-order valence-electron chi connectivity index (χ1n) is 7.12. The average molecular weight is 364 g/mol. The lowest BCUT2D eigenvalue weighted by molar-refractivity contribution is -0.118. The maximum absolute atomic E-state index is 14.5. The highest BCUT2D eigenvalue weighted by molar-refractivity contribution is 7.16. The summed E-state index contributed by atoms with van der Waals surface area (Å²) in [7, 11) is 1.46. The largest absolute Gasteiger partial charge is 0.368 e. The van der Waals surface area contributed by atoms with E-state index in [9.17, 15) is 23.6 Å². The SMILES string of the molecule is Cc1cc(=O)n(-c2cc3c(cc2F)sc(=O)n3CC(N)=O)c(=O)n1C. The van der Waals surface area contributed by atoms with Crippen LogP contribution in [0.15, 0.2) is 32.6 Å². The van der Waals surface area contributed by atoms with Crippen molar-refractivity contribution in [2.24, 2.45) is 12.8 Å². The Kier molecular flexibility index (Phi) is 3.91. The number of fused-ring (bicyclic) bond motifs is 1. The zero-order valence-corrected chi connectivity index (χ0v) is 14.1. The van der Waals surface area contributed by atoms with E-state index in [1.165, 1.54) is 23.7 Å². The van der Waals surface area contributed by atoms with Crippen LogP contribution < -0.4 is 21.9 Å². The van der Waals surface area contributed by atoms with Crippen LogP contribution in [0.25, 0.3) is 15.9 Å². The van der Waals surface area contributed by atoms with Gasteiger partial charge >= 0.3 is 10.6 Å². The van der Waals surface area contributed by atoms with Gasteiger partial charge in [0.25, 0.3) is 5.56 Å². The molecule has 2 heterocycles. The van der Waals surface area contributed by atoms with Gasteiger partial charge in [-0.2, -0.15) is 0 Å². The summed E-state index contributed by atoms with van der Waals surface area (Å²) in [5, 5.41) is 0. The zero-order chi connectivity index (χ0) is 18.5. The molecule has 0 fully saturated rings. The highest BCUT2D eigenvalue weighted by Crippen LogP contribution is 2.23. The molecular formula is C15H13FN4O4S. The average Bonchev–Trinajstić information content (AvgIpc) is 2.80. The molecule has 0 spiro atoms. The Morgan fingerprint density at radius 1 is 1.24 bits per heavy atom.